The molecule has 1 fully saturated rings. The molecular formula is C14H16Cl3NO. The van der Waals surface area contributed by atoms with E-state index in [9.17, 15) is 4.79 Å². The molecule has 0 aliphatic carbocycles. The van der Waals surface area contributed by atoms with Crippen molar-refractivity contribution in [2.75, 3.05) is 12.4 Å². The number of halogens is 3. The summed E-state index contributed by atoms with van der Waals surface area (Å²) in [5.41, 5.74) is 0.882. The van der Waals surface area contributed by atoms with Crippen LogP contribution in [0, 0.1) is 5.92 Å². The monoisotopic (exact) mass is 319 g/mol. The molecule has 0 radical (unpaired) electrons. The third-order valence-corrected chi connectivity index (χ3v) is 4.76. The summed E-state index contributed by atoms with van der Waals surface area (Å²) in [7, 11) is 0. The van der Waals surface area contributed by atoms with Crippen molar-refractivity contribution in [1.29, 1.82) is 0 Å². The Bertz CT molecular complexity index is 478. The van der Waals surface area contributed by atoms with Crippen molar-refractivity contribution < 1.29 is 4.79 Å². The first-order valence-electron chi connectivity index (χ1n) is 6.32. The van der Waals surface area contributed by atoms with E-state index in [1.54, 1.807) is 12.1 Å². The van der Waals surface area contributed by atoms with Gasteiger partial charge in [0.25, 0.3) is 0 Å². The van der Waals surface area contributed by atoms with Crippen molar-refractivity contribution in [2.24, 2.45) is 5.92 Å². The summed E-state index contributed by atoms with van der Waals surface area (Å²) >= 11 is 17.8. The van der Waals surface area contributed by atoms with Crippen molar-refractivity contribution in [1.82, 2.24) is 4.90 Å². The smallest absolute Gasteiger partial charge is 0.227 e. The lowest BCUT2D eigenvalue weighted by Gasteiger charge is -2.25. The van der Waals surface area contributed by atoms with E-state index in [-0.39, 0.29) is 11.9 Å². The summed E-state index contributed by atoms with van der Waals surface area (Å²) in [5, 5.41) is 0.988. The summed E-state index contributed by atoms with van der Waals surface area (Å²) in [6.07, 6.45) is 1.36. The zero-order valence-corrected chi connectivity index (χ0v) is 13.0. The second-order valence-corrected chi connectivity index (χ2v) is 6.12. The molecule has 1 saturated heterocycles. The van der Waals surface area contributed by atoms with Gasteiger partial charge in [-0.05, 0) is 30.0 Å². The van der Waals surface area contributed by atoms with Crippen LogP contribution in [0.4, 0.5) is 0 Å². The summed E-state index contributed by atoms with van der Waals surface area (Å²) in [5.74, 6) is 1.07. The number of likely N-dealkylation sites (tertiary alicyclic amines) is 1. The standard InChI is InChI=1S/C14H16Cl3NO/c1-9-4-5-18(13(9)8-15)14(19)7-10-2-3-11(16)12(17)6-10/h2-3,6,9,13H,4-5,7-8H2,1H3. The molecule has 1 aromatic rings. The number of amides is 1. The molecule has 1 aliphatic heterocycles. The highest BCUT2D eigenvalue weighted by molar-refractivity contribution is 6.42. The number of alkyl halides is 1. The topological polar surface area (TPSA) is 20.3 Å². The Morgan fingerprint density at radius 1 is 1.37 bits per heavy atom. The summed E-state index contributed by atoms with van der Waals surface area (Å²) in [6, 6.07) is 5.45. The van der Waals surface area contributed by atoms with E-state index in [1.807, 2.05) is 11.0 Å². The van der Waals surface area contributed by atoms with Crippen LogP contribution in [0.1, 0.15) is 18.9 Å². The average molecular weight is 321 g/mol. The van der Waals surface area contributed by atoms with Gasteiger partial charge in [0.15, 0.2) is 0 Å². The molecule has 1 aromatic carbocycles. The molecule has 0 N–H and O–H groups in total. The van der Waals surface area contributed by atoms with Gasteiger partial charge < -0.3 is 4.90 Å². The quantitative estimate of drug-likeness (QED) is 0.771. The largest absolute Gasteiger partial charge is 0.338 e. The summed E-state index contributed by atoms with van der Waals surface area (Å²) in [6.45, 7) is 2.93. The maximum absolute atomic E-state index is 12.3. The minimum Gasteiger partial charge on any atom is -0.338 e. The van der Waals surface area contributed by atoms with Crippen molar-refractivity contribution in [3.8, 4) is 0 Å². The second kappa shape index (κ2) is 6.34. The first kappa shape index (κ1) is 15.0. The Morgan fingerprint density at radius 3 is 2.74 bits per heavy atom. The SMILES string of the molecule is CC1CCN(C(=O)Cc2ccc(Cl)c(Cl)c2)C1CCl. The van der Waals surface area contributed by atoms with Crippen LogP contribution in [0.5, 0.6) is 0 Å². The molecule has 0 saturated carbocycles. The summed E-state index contributed by atoms with van der Waals surface area (Å²) < 4.78 is 0. The fourth-order valence-electron chi connectivity index (χ4n) is 2.48. The van der Waals surface area contributed by atoms with E-state index in [1.165, 1.54) is 0 Å². The molecule has 1 aliphatic rings. The zero-order valence-electron chi connectivity index (χ0n) is 10.7. The molecule has 2 nitrogen and oxygen atoms in total. The molecular weight excluding hydrogens is 305 g/mol. The fraction of sp³-hybridized carbons (Fsp3) is 0.500. The summed E-state index contributed by atoms with van der Waals surface area (Å²) in [4.78, 5) is 14.2. The van der Waals surface area contributed by atoms with Crippen LogP contribution in [0.3, 0.4) is 0 Å². The first-order chi connectivity index (χ1) is 9.02. The molecule has 0 bridgehead atoms. The molecule has 1 amide bonds. The number of rotatable bonds is 3. The van der Waals surface area contributed by atoms with E-state index in [4.69, 9.17) is 34.8 Å². The fourth-order valence-corrected chi connectivity index (χ4v) is 3.27. The van der Waals surface area contributed by atoms with Crippen LogP contribution in [0.2, 0.25) is 10.0 Å². The molecule has 1 heterocycles. The van der Waals surface area contributed by atoms with Crippen LogP contribution in [0.15, 0.2) is 18.2 Å². The third kappa shape index (κ3) is 3.36. The Labute approximate surface area is 128 Å². The number of carbonyl (C=O) groups is 1. The van der Waals surface area contributed by atoms with Gasteiger partial charge in [-0.2, -0.15) is 0 Å². The van der Waals surface area contributed by atoms with Crippen molar-refractivity contribution in [2.45, 2.75) is 25.8 Å². The van der Waals surface area contributed by atoms with Crippen LogP contribution in [-0.4, -0.2) is 29.3 Å². The van der Waals surface area contributed by atoms with E-state index < -0.39 is 0 Å². The zero-order chi connectivity index (χ0) is 14.0. The van der Waals surface area contributed by atoms with Gasteiger partial charge >= 0.3 is 0 Å². The molecule has 2 rings (SSSR count). The highest BCUT2D eigenvalue weighted by Gasteiger charge is 2.33. The van der Waals surface area contributed by atoms with Gasteiger partial charge in [-0.25, -0.2) is 0 Å². The van der Waals surface area contributed by atoms with E-state index in [0.29, 0.717) is 28.3 Å². The number of hydrogen-bond acceptors (Lipinski definition) is 1. The first-order valence-corrected chi connectivity index (χ1v) is 7.61. The van der Waals surface area contributed by atoms with Crippen LogP contribution in [-0.2, 0) is 11.2 Å². The maximum atomic E-state index is 12.3. The molecule has 19 heavy (non-hydrogen) atoms. The van der Waals surface area contributed by atoms with Gasteiger partial charge in [0, 0.05) is 18.5 Å². The van der Waals surface area contributed by atoms with Gasteiger partial charge in [0.1, 0.15) is 0 Å². The highest BCUT2D eigenvalue weighted by Crippen LogP contribution is 2.27. The lowest BCUT2D eigenvalue weighted by Crippen LogP contribution is -2.39. The highest BCUT2D eigenvalue weighted by atomic mass is 35.5. The minimum atomic E-state index is 0.105. The van der Waals surface area contributed by atoms with Gasteiger partial charge in [-0.3, -0.25) is 4.79 Å². The Balaban J connectivity index is 2.06. The molecule has 2 unspecified atom stereocenters. The lowest BCUT2D eigenvalue weighted by molar-refractivity contribution is -0.131. The Morgan fingerprint density at radius 2 is 2.11 bits per heavy atom. The number of hydrogen-bond donors (Lipinski definition) is 0. The van der Waals surface area contributed by atoms with E-state index in [2.05, 4.69) is 6.92 Å². The third-order valence-electron chi connectivity index (χ3n) is 3.70. The predicted molar refractivity (Wildman–Crippen MR) is 80.2 cm³/mol. The number of benzene rings is 1. The van der Waals surface area contributed by atoms with Gasteiger partial charge in [-0.1, -0.05) is 36.2 Å². The average Bonchev–Trinajstić information content (AvgIpc) is 2.75. The molecule has 0 aromatic heterocycles. The van der Waals surface area contributed by atoms with E-state index >= 15 is 0 Å². The Kier molecular flexibility index (Phi) is 4.99. The Hall–Kier alpha value is -0.440. The van der Waals surface area contributed by atoms with Gasteiger partial charge in [-0.15, -0.1) is 11.6 Å². The second-order valence-electron chi connectivity index (χ2n) is 5.00. The predicted octanol–water partition coefficient (Wildman–Crippen LogP) is 4.01. The normalized spacial score (nSPS) is 22.8. The van der Waals surface area contributed by atoms with Gasteiger partial charge in [0.2, 0.25) is 5.91 Å². The molecule has 2 atom stereocenters. The van der Waals surface area contributed by atoms with Crippen LogP contribution in [0.25, 0.3) is 0 Å². The molecule has 0 spiro atoms. The molecule has 104 valence electrons. The van der Waals surface area contributed by atoms with Crippen molar-refractivity contribution in [3.05, 3.63) is 33.8 Å². The van der Waals surface area contributed by atoms with Crippen LogP contribution >= 0.6 is 34.8 Å². The minimum absolute atomic E-state index is 0.105. The van der Waals surface area contributed by atoms with Crippen LogP contribution < -0.4 is 0 Å². The lowest BCUT2D eigenvalue weighted by atomic mass is 10.0. The van der Waals surface area contributed by atoms with E-state index in [0.717, 1.165) is 18.5 Å². The molecule has 5 heteroatoms. The van der Waals surface area contributed by atoms with Gasteiger partial charge in [0.05, 0.1) is 16.5 Å². The number of carbonyl (C=O) groups excluding carboxylic acids is 1. The van der Waals surface area contributed by atoms with Crippen molar-refractivity contribution in [3.63, 3.8) is 0 Å². The van der Waals surface area contributed by atoms with Crippen molar-refractivity contribution >= 4 is 40.7 Å². The maximum Gasteiger partial charge on any atom is 0.227 e. The number of nitrogens with zero attached hydrogens (tertiary/aromatic N) is 1.